The first-order chi connectivity index (χ1) is 13.3. The molecule has 2 aromatic carbocycles. The number of benzene rings is 2. The number of piperidine rings is 1. The lowest BCUT2D eigenvalue weighted by Crippen LogP contribution is -2.35. The van der Waals surface area contributed by atoms with Crippen LogP contribution in [0.15, 0.2) is 54.6 Å². The molecule has 28 heavy (non-hydrogen) atoms. The molecule has 2 aliphatic rings. The van der Waals surface area contributed by atoms with Gasteiger partial charge in [-0.2, -0.15) is 0 Å². The SMILES string of the molecule is Cc1cccc(CCCN2CC3C(C2)C3(C)C(c2ccccc2)S(N)(=O)=O)c1. The minimum atomic E-state index is -3.65. The van der Waals surface area contributed by atoms with Gasteiger partial charge in [0.2, 0.25) is 10.0 Å². The normalized spacial score (nSPS) is 28.1. The Balaban J connectivity index is 1.37. The summed E-state index contributed by atoms with van der Waals surface area (Å²) in [6.07, 6.45) is 2.23. The molecule has 5 heteroatoms. The molecular weight excluding hydrogens is 368 g/mol. The quantitative estimate of drug-likeness (QED) is 0.776. The second-order valence-electron chi connectivity index (χ2n) is 8.81. The molecule has 1 saturated carbocycles. The minimum Gasteiger partial charge on any atom is -0.303 e. The summed E-state index contributed by atoms with van der Waals surface area (Å²) in [6.45, 7) is 7.28. The summed E-state index contributed by atoms with van der Waals surface area (Å²) in [7, 11) is -3.65. The van der Waals surface area contributed by atoms with Gasteiger partial charge in [0.25, 0.3) is 0 Å². The highest BCUT2D eigenvalue weighted by atomic mass is 32.2. The van der Waals surface area contributed by atoms with Crippen LogP contribution in [-0.2, 0) is 16.4 Å². The van der Waals surface area contributed by atoms with Gasteiger partial charge in [-0.05, 0) is 54.7 Å². The number of rotatable bonds is 7. The van der Waals surface area contributed by atoms with Crippen LogP contribution in [0, 0.1) is 24.2 Å². The zero-order chi connectivity index (χ0) is 19.9. The number of nitrogens with two attached hydrogens (primary N) is 1. The molecule has 4 rings (SSSR count). The molecule has 2 N–H and O–H groups in total. The fourth-order valence-corrected chi connectivity index (χ4v) is 7.07. The van der Waals surface area contributed by atoms with E-state index in [4.69, 9.17) is 5.14 Å². The first kappa shape index (κ1) is 19.6. The van der Waals surface area contributed by atoms with Crippen molar-refractivity contribution < 1.29 is 8.42 Å². The van der Waals surface area contributed by atoms with Gasteiger partial charge >= 0.3 is 0 Å². The molecule has 1 aliphatic heterocycles. The molecule has 0 bridgehead atoms. The number of likely N-dealkylation sites (tertiary alicyclic amines) is 1. The van der Waals surface area contributed by atoms with Crippen LogP contribution in [0.5, 0.6) is 0 Å². The number of fused-ring (bicyclic) bond motifs is 1. The van der Waals surface area contributed by atoms with Gasteiger partial charge in [0.15, 0.2) is 0 Å². The maximum Gasteiger partial charge on any atom is 0.216 e. The van der Waals surface area contributed by atoms with Crippen molar-refractivity contribution in [2.45, 2.75) is 31.9 Å². The number of sulfonamides is 1. The molecule has 3 atom stereocenters. The number of hydrogen-bond acceptors (Lipinski definition) is 3. The third-order valence-electron chi connectivity index (χ3n) is 6.90. The molecule has 0 radical (unpaired) electrons. The van der Waals surface area contributed by atoms with E-state index in [2.05, 4.69) is 43.0 Å². The van der Waals surface area contributed by atoms with E-state index < -0.39 is 15.3 Å². The number of aryl methyl sites for hydroxylation is 2. The zero-order valence-corrected chi connectivity index (χ0v) is 17.5. The van der Waals surface area contributed by atoms with E-state index in [1.54, 1.807) is 0 Å². The predicted molar refractivity (Wildman–Crippen MR) is 113 cm³/mol. The molecule has 0 amide bonds. The second kappa shape index (κ2) is 7.29. The third kappa shape index (κ3) is 3.63. The van der Waals surface area contributed by atoms with Crippen molar-refractivity contribution in [3.05, 3.63) is 71.3 Å². The van der Waals surface area contributed by atoms with Crippen LogP contribution in [0.25, 0.3) is 0 Å². The van der Waals surface area contributed by atoms with Crippen molar-refractivity contribution in [1.29, 1.82) is 0 Å². The van der Waals surface area contributed by atoms with Gasteiger partial charge in [-0.25, -0.2) is 13.6 Å². The average molecular weight is 399 g/mol. The van der Waals surface area contributed by atoms with Gasteiger partial charge in [0, 0.05) is 13.1 Å². The van der Waals surface area contributed by atoms with Crippen molar-refractivity contribution in [2.24, 2.45) is 22.4 Å². The Morgan fingerprint density at radius 3 is 2.39 bits per heavy atom. The fraction of sp³-hybridized carbons (Fsp3) is 0.478. The van der Waals surface area contributed by atoms with Crippen LogP contribution in [0.4, 0.5) is 0 Å². The first-order valence-electron chi connectivity index (χ1n) is 10.1. The van der Waals surface area contributed by atoms with E-state index in [9.17, 15) is 8.42 Å². The van der Waals surface area contributed by atoms with Crippen molar-refractivity contribution in [3.8, 4) is 0 Å². The molecule has 4 nitrogen and oxygen atoms in total. The Morgan fingerprint density at radius 1 is 1.11 bits per heavy atom. The third-order valence-corrected chi connectivity index (χ3v) is 8.34. The van der Waals surface area contributed by atoms with Gasteiger partial charge in [0.1, 0.15) is 5.25 Å². The Hall–Kier alpha value is -1.69. The van der Waals surface area contributed by atoms with Crippen molar-refractivity contribution in [1.82, 2.24) is 4.90 Å². The first-order valence-corrected chi connectivity index (χ1v) is 11.8. The van der Waals surface area contributed by atoms with Crippen molar-refractivity contribution in [2.75, 3.05) is 19.6 Å². The molecule has 1 aliphatic carbocycles. The smallest absolute Gasteiger partial charge is 0.216 e. The van der Waals surface area contributed by atoms with Crippen LogP contribution < -0.4 is 5.14 Å². The monoisotopic (exact) mass is 398 g/mol. The molecule has 3 unspecified atom stereocenters. The van der Waals surface area contributed by atoms with Crippen LogP contribution in [0.2, 0.25) is 0 Å². The Labute approximate surface area is 168 Å². The Bertz CT molecular complexity index is 930. The van der Waals surface area contributed by atoms with E-state index in [1.807, 2.05) is 30.3 Å². The lowest BCUT2D eigenvalue weighted by atomic mass is 9.92. The minimum absolute atomic E-state index is 0.248. The van der Waals surface area contributed by atoms with Gasteiger partial charge in [-0.15, -0.1) is 0 Å². The summed E-state index contributed by atoms with van der Waals surface area (Å²) in [5.74, 6) is 0.824. The lowest BCUT2D eigenvalue weighted by Gasteiger charge is -2.29. The van der Waals surface area contributed by atoms with Gasteiger partial charge < -0.3 is 4.90 Å². The zero-order valence-electron chi connectivity index (χ0n) is 16.7. The van der Waals surface area contributed by atoms with Crippen LogP contribution in [-0.4, -0.2) is 33.0 Å². The summed E-state index contributed by atoms with van der Waals surface area (Å²) in [4.78, 5) is 2.50. The molecule has 1 saturated heterocycles. The van der Waals surface area contributed by atoms with Gasteiger partial charge in [0.05, 0.1) is 0 Å². The molecular formula is C23H30N2O2S. The van der Waals surface area contributed by atoms with Gasteiger partial charge in [-0.3, -0.25) is 0 Å². The Kier molecular flexibility index (Phi) is 5.10. The summed E-state index contributed by atoms with van der Waals surface area (Å²) < 4.78 is 24.9. The maximum absolute atomic E-state index is 12.5. The van der Waals surface area contributed by atoms with Crippen LogP contribution in [0.1, 0.15) is 35.3 Å². The van der Waals surface area contributed by atoms with E-state index in [1.165, 1.54) is 11.1 Å². The maximum atomic E-state index is 12.5. The summed E-state index contributed by atoms with van der Waals surface area (Å²) in [5.41, 5.74) is 3.29. The molecule has 1 heterocycles. The highest BCUT2D eigenvalue weighted by Crippen LogP contribution is 2.69. The van der Waals surface area contributed by atoms with E-state index in [0.29, 0.717) is 11.8 Å². The van der Waals surface area contributed by atoms with E-state index in [0.717, 1.165) is 38.0 Å². The molecule has 0 aromatic heterocycles. The second-order valence-corrected chi connectivity index (χ2v) is 10.5. The van der Waals surface area contributed by atoms with E-state index in [-0.39, 0.29) is 5.41 Å². The van der Waals surface area contributed by atoms with Crippen LogP contribution in [0.3, 0.4) is 0 Å². The molecule has 0 spiro atoms. The summed E-state index contributed by atoms with van der Waals surface area (Å²) in [5, 5.41) is 5.09. The molecule has 2 aromatic rings. The topological polar surface area (TPSA) is 63.4 Å². The summed E-state index contributed by atoms with van der Waals surface area (Å²) in [6, 6.07) is 18.2. The Morgan fingerprint density at radius 2 is 1.79 bits per heavy atom. The lowest BCUT2D eigenvalue weighted by molar-refractivity contribution is 0.242. The highest BCUT2D eigenvalue weighted by molar-refractivity contribution is 7.89. The standard InChI is InChI=1S/C23H30N2O2S/c1-17-8-6-9-18(14-17)10-7-13-25-15-20-21(16-25)23(20,2)22(28(24,26)27)19-11-4-3-5-12-19/h3-6,8-9,11-12,14,20-22H,7,10,13,15-16H2,1-2H3,(H2,24,26,27). The average Bonchev–Trinajstić information content (AvgIpc) is 2.99. The van der Waals surface area contributed by atoms with Crippen LogP contribution >= 0.6 is 0 Å². The highest BCUT2D eigenvalue weighted by Gasteiger charge is 2.70. The molecule has 2 fully saturated rings. The number of hydrogen-bond donors (Lipinski definition) is 1. The molecule has 150 valence electrons. The fourth-order valence-electron chi connectivity index (χ4n) is 5.48. The van der Waals surface area contributed by atoms with Crippen molar-refractivity contribution >= 4 is 10.0 Å². The predicted octanol–water partition coefficient (Wildman–Crippen LogP) is 3.53. The number of nitrogens with zero attached hydrogens (tertiary/aromatic N) is 1. The van der Waals surface area contributed by atoms with Crippen molar-refractivity contribution in [3.63, 3.8) is 0 Å². The summed E-state index contributed by atoms with van der Waals surface area (Å²) >= 11 is 0. The largest absolute Gasteiger partial charge is 0.303 e. The van der Waals surface area contributed by atoms with Gasteiger partial charge in [-0.1, -0.05) is 67.1 Å². The number of primary sulfonamides is 1. The van der Waals surface area contributed by atoms with E-state index >= 15 is 0 Å².